The van der Waals surface area contributed by atoms with Crippen molar-refractivity contribution in [3.8, 4) is 5.75 Å². The zero-order valence-electron chi connectivity index (χ0n) is 21.5. The number of carbonyl (C=O) groups excluding carboxylic acids is 1. The topological polar surface area (TPSA) is 35.5 Å². The van der Waals surface area contributed by atoms with Gasteiger partial charge >= 0.3 is 5.97 Å². The number of unbranched alkanes of at least 4 members (excludes halogenated alkanes) is 4. The molecule has 0 atom stereocenters. The van der Waals surface area contributed by atoms with Crippen LogP contribution in [0.15, 0.2) is 46.9 Å². The fourth-order valence-electron chi connectivity index (χ4n) is 3.93. The molecule has 182 valence electrons. The SMILES string of the molecule is CCCCCCCOc1cc2c(cc1C(C)=CC=CC(C)=CC(=O)OCC)C(C)(C)CCS2. The Balaban J connectivity index is 2.25. The second kappa shape index (κ2) is 13.7. The van der Waals surface area contributed by atoms with Gasteiger partial charge in [-0.1, -0.05) is 64.7 Å². The average Bonchev–Trinajstić information content (AvgIpc) is 2.75. The minimum absolute atomic E-state index is 0.170. The highest BCUT2D eigenvalue weighted by atomic mass is 32.2. The molecule has 0 bridgehead atoms. The number of thioether (sulfide) groups is 1. The first-order valence-electron chi connectivity index (χ1n) is 12.4. The van der Waals surface area contributed by atoms with Gasteiger partial charge in [-0.05, 0) is 73.6 Å². The monoisotopic (exact) mass is 470 g/mol. The first-order valence-corrected chi connectivity index (χ1v) is 13.4. The van der Waals surface area contributed by atoms with E-state index in [0.29, 0.717) is 6.61 Å². The lowest BCUT2D eigenvalue weighted by Crippen LogP contribution is -2.23. The molecule has 1 heterocycles. The van der Waals surface area contributed by atoms with E-state index < -0.39 is 0 Å². The summed E-state index contributed by atoms with van der Waals surface area (Å²) in [6.07, 6.45) is 14.9. The normalized spacial score (nSPS) is 16.1. The van der Waals surface area contributed by atoms with Gasteiger partial charge in [0.2, 0.25) is 0 Å². The van der Waals surface area contributed by atoms with Crippen molar-refractivity contribution < 1.29 is 14.3 Å². The van der Waals surface area contributed by atoms with Crippen LogP contribution in [0.2, 0.25) is 0 Å². The number of benzene rings is 1. The molecule has 0 spiro atoms. The molecule has 0 saturated carbocycles. The smallest absolute Gasteiger partial charge is 0.330 e. The zero-order chi connectivity index (χ0) is 24.3. The van der Waals surface area contributed by atoms with Gasteiger partial charge in [-0.3, -0.25) is 0 Å². The molecule has 1 aromatic rings. The molecule has 0 unspecified atom stereocenters. The van der Waals surface area contributed by atoms with Crippen LogP contribution in [0.4, 0.5) is 0 Å². The maximum Gasteiger partial charge on any atom is 0.330 e. The highest BCUT2D eigenvalue weighted by Gasteiger charge is 2.29. The molecule has 4 heteroatoms. The van der Waals surface area contributed by atoms with Crippen molar-refractivity contribution in [2.75, 3.05) is 19.0 Å². The quantitative estimate of drug-likeness (QED) is 0.133. The number of fused-ring (bicyclic) bond motifs is 1. The van der Waals surface area contributed by atoms with Gasteiger partial charge in [0.05, 0.1) is 13.2 Å². The lowest BCUT2D eigenvalue weighted by Gasteiger charge is -2.33. The molecule has 1 aliphatic rings. The first-order chi connectivity index (χ1) is 15.8. The second-order valence-corrected chi connectivity index (χ2v) is 10.6. The number of carbonyl (C=O) groups is 1. The largest absolute Gasteiger partial charge is 0.493 e. The second-order valence-electron chi connectivity index (χ2n) is 9.44. The van der Waals surface area contributed by atoms with Crippen LogP contribution in [0.5, 0.6) is 5.75 Å². The van der Waals surface area contributed by atoms with Crippen LogP contribution in [0.1, 0.15) is 91.2 Å². The van der Waals surface area contributed by atoms with E-state index in [1.54, 1.807) is 0 Å². The van der Waals surface area contributed by atoms with E-state index in [9.17, 15) is 4.79 Å². The summed E-state index contributed by atoms with van der Waals surface area (Å²) in [5.41, 5.74) is 4.77. The van der Waals surface area contributed by atoms with E-state index in [-0.39, 0.29) is 11.4 Å². The molecule has 1 aliphatic heterocycles. The zero-order valence-corrected chi connectivity index (χ0v) is 22.3. The van der Waals surface area contributed by atoms with Gasteiger partial charge < -0.3 is 9.47 Å². The summed E-state index contributed by atoms with van der Waals surface area (Å²) < 4.78 is 11.3. The maximum atomic E-state index is 11.6. The van der Waals surface area contributed by atoms with Gasteiger partial charge in [0, 0.05) is 16.5 Å². The Morgan fingerprint density at radius 3 is 2.61 bits per heavy atom. The van der Waals surface area contributed by atoms with Crippen molar-refractivity contribution in [3.63, 3.8) is 0 Å². The number of rotatable bonds is 12. The summed E-state index contributed by atoms with van der Waals surface area (Å²) in [7, 11) is 0. The van der Waals surface area contributed by atoms with Gasteiger partial charge in [0.15, 0.2) is 0 Å². The fraction of sp³-hybridized carbons (Fsp3) is 0.552. The number of allylic oxidation sites excluding steroid dienone is 5. The summed E-state index contributed by atoms with van der Waals surface area (Å²) in [5, 5.41) is 0. The van der Waals surface area contributed by atoms with Crippen molar-refractivity contribution in [3.05, 3.63) is 53.1 Å². The van der Waals surface area contributed by atoms with Gasteiger partial charge in [0.25, 0.3) is 0 Å². The molecule has 3 nitrogen and oxygen atoms in total. The molecular formula is C29H42O3S. The highest BCUT2D eigenvalue weighted by Crippen LogP contribution is 2.45. The lowest BCUT2D eigenvalue weighted by molar-refractivity contribution is -0.137. The summed E-state index contributed by atoms with van der Waals surface area (Å²) in [6.45, 7) is 13.9. The average molecular weight is 471 g/mol. The van der Waals surface area contributed by atoms with Crippen LogP contribution >= 0.6 is 11.8 Å². The van der Waals surface area contributed by atoms with E-state index in [4.69, 9.17) is 9.47 Å². The highest BCUT2D eigenvalue weighted by molar-refractivity contribution is 7.99. The van der Waals surface area contributed by atoms with Gasteiger partial charge in [-0.2, -0.15) is 0 Å². The number of hydrogen-bond donors (Lipinski definition) is 0. The van der Waals surface area contributed by atoms with Crippen LogP contribution < -0.4 is 4.74 Å². The third kappa shape index (κ3) is 8.73. The van der Waals surface area contributed by atoms with E-state index in [2.05, 4.69) is 45.9 Å². The third-order valence-electron chi connectivity index (χ3n) is 6.06. The third-order valence-corrected chi connectivity index (χ3v) is 7.12. The Morgan fingerprint density at radius 2 is 1.88 bits per heavy atom. The Labute approximate surface area is 205 Å². The Kier molecular flexibility index (Phi) is 11.3. The molecule has 0 radical (unpaired) electrons. The van der Waals surface area contributed by atoms with Crippen LogP contribution in [-0.4, -0.2) is 24.9 Å². The van der Waals surface area contributed by atoms with Crippen molar-refractivity contribution in [1.29, 1.82) is 0 Å². The van der Waals surface area contributed by atoms with E-state index in [1.165, 1.54) is 48.6 Å². The summed E-state index contributed by atoms with van der Waals surface area (Å²) in [6, 6.07) is 4.60. The van der Waals surface area contributed by atoms with Crippen LogP contribution in [0.25, 0.3) is 5.57 Å². The number of hydrogen-bond acceptors (Lipinski definition) is 4. The molecule has 2 rings (SSSR count). The predicted octanol–water partition coefficient (Wildman–Crippen LogP) is 8.28. The molecule has 0 fully saturated rings. The summed E-state index contributed by atoms with van der Waals surface area (Å²) >= 11 is 1.94. The van der Waals surface area contributed by atoms with Crippen molar-refractivity contribution in [1.82, 2.24) is 0 Å². The lowest BCUT2D eigenvalue weighted by atomic mass is 9.80. The van der Waals surface area contributed by atoms with E-state index in [1.807, 2.05) is 37.8 Å². The Morgan fingerprint density at radius 1 is 1.12 bits per heavy atom. The molecule has 33 heavy (non-hydrogen) atoms. The fourth-order valence-corrected chi connectivity index (χ4v) is 5.44. The van der Waals surface area contributed by atoms with Gasteiger partial charge in [0.1, 0.15) is 5.75 Å². The molecular weight excluding hydrogens is 428 g/mol. The molecule has 0 N–H and O–H groups in total. The summed E-state index contributed by atoms with van der Waals surface area (Å²) in [5.74, 6) is 1.83. The minimum atomic E-state index is -0.301. The number of esters is 1. The first kappa shape index (κ1) is 27.3. The van der Waals surface area contributed by atoms with Crippen molar-refractivity contribution >= 4 is 23.3 Å². The molecule has 0 saturated heterocycles. The molecule has 1 aromatic carbocycles. The van der Waals surface area contributed by atoms with Crippen LogP contribution in [0, 0.1) is 0 Å². The standard InChI is InChI=1S/C29H42O3S/c1-7-9-10-11-12-17-32-26-21-27-25(29(5,6)16-18-33-27)20-24(26)23(4)15-13-14-22(3)19-28(30)31-8-2/h13-15,19-21H,7-12,16-18H2,1-6H3. The molecule has 0 aromatic heterocycles. The molecule has 0 aliphatic carbocycles. The van der Waals surface area contributed by atoms with Crippen LogP contribution in [-0.2, 0) is 14.9 Å². The van der Waals surface area contributed by atoms with Gasteiger partial charge in [-0.25, -0.2) is 4.79 Å². The van der Waals surface area contributed by atoms with Crippen molar-refractivity contribution in [2.24, 2.45) is 0 Å². The van der Waals surface area contributed by atoms with Crippen molar-refractivity contribution in [2.45, 2.75) is 90.4 Å². The maximum absolute atomic E-state index is 11.6. The molecule has 0 amide bonds. The van der Waals surface area contributed by atoms with E-state index in [0.717, 1.165) is 41.2 Å². The number of ether oxygens (including phenoxy) is 2. The predicted molar refractivity (Wildman–Crippen MR) is 142 cm³/mol. The van der Waals surface area contributed by atoms with E-state index >= 15 is 0 Å². The minimum Gasteiger partial charge on any atom is -0.493 e. The van der Waals surface area contributed by atoms with Crippen LogP contribution in [0.3, 0.4) is 0 Å². The summed E-state index contributed by atoms with van der Waals surface area (Å²) in [4.78, 5) is 13.0. The van der Waals surface area contributed by atoms with Gasteiger partial charge in [-0.15, -0.1) is 11.8 Å². The Hall–Kier alpha value is -1.94. The Bertz CT molecular complexity index is 877.